The summed E-state index contributed by atoms with van der Waals surface area (Å²) in [6.07, 6.45) is 0.668. The Morgan fingerprint density at radius 2 is 2.24 bits per heavy atom. The van der Waals surface area contributed by atoms with Crippen LogP contribution in [0, 0.1) is 11.8 Å². The number of hydrogen-bond donors (Lipinski definition) is 1. The van der Waals surface area contributed by atoms with Crippen molar-refractivity contribution in [3.63, 3.8) is 0 Å². The quantitative estimate of drug-likeness (QED) is 0.819. The predicted octanol–water partition coefficient (Wildman–Crippen LogP) is 2.15. The Morgan fingerprint density at radius 3 is 2.94 bits per heavy atom. The first-order valence-corrected chi connectivity index (χ1v) is 5.32. The maximum absolute atomic E-state index is 11.1. The van der Waals surface area contributed by atoms with E-state index >= 15 is 0 Å². The summed E-state index contributed by atoms with van der Waals surface area (Å²) in [5.74, 6) is 4.75. The number of carboxylic acids is 1. The van der Waals surface area contributed by atoms with E-state index in [0.717, 1.165) is 5.52 Å². The Balaban J connectivity index is 2.47. The number of nitrogens with zero attached hydrogens (tertiary/aromatic N) is 2. The van der Waals surface area contributed by atoms with Crippen molar-refractivity contribution in [2.45, 2.75) is 19.9 Å². The van der Waals surface area contributed by atoms with Crippen LogP contribution in [0.4, 0.5) is 0 Å². The Hall–Kier alpha value is -2.28. The van der Waals surface area contributed by atoms with Crippen LogP contribution >= 0.6 is 0 Å². The predicted molar refractivity (Wildman–Crippen MR) is 64.8 cm³/mol. The zero-order chi connectivity index (χ0) is 12.3. The van der Waals surface area contributed by atoms with Crippen molar-refractivity contribution in [1.29, 1.82) is 0 Å². The summed E-state index contributed by atoms with van der Waals surface area (Å²) in [6.45, 7) is 2.39. The molecule has 0 bridgehead atoms. The smallest absolute Gasteiger partial charge is 0.357 e. The Kier molecular flexibility index (Phi) is 3.10. The summed E-state index contributed by atoms with van der Waals surface area (Å²) in [5, 5.41) is 13.8. The van der Waals surface area contributed by atoms with E-state index in [4.69, 9.17) is 5.11 Å². The molecule has 17 heavy (non-hydrogen) atoms. The number of benzene rings is 1. The molecule has 2 rings (SSSR count). The van der Waals surface area contributed by atoms with Crippen molar-refractivity contribution in [3.8, 4) is 11.8 Å². The molecule has 0 saturated carbocycles. The molecule has 0 spiro atoms. The van der Waals surface area contributed by atoms with Gasteiger partial charge in [0, 0.05) is 11.8 Å². The SMILES string of the molecule is CC#CCCn1nc(C(=O)O)c2ccccc21. The van der Waals surface area contributed by atoms with Gasteiger partial charge in [-0.3, -0.25) is 4.68 Å². The maximum atomic E-state index is 11.1. The van der Waals surface area contributed by atoms with Crippen LogP contribution in [0.3, 0.4) is 0 Å². The van der Waals surface area contributed by atoms with Crippen molar-refractivity contribution in [3.05, 3.63) is 30.0 Å². The van der Waals surface area contributed by atoms with Gasteiger partial charge in [-0.2, -0.15) is 5.10 Å². The molecule has 86 valence electrons. The molecule has 0 aliphatic rings. The molecule has 0 saturated heterocycles. The normalized spacial score (nSPS) is 9.94. The fourth-order valence-electron chi connectivity index (χ4n) is 1.74. The molecule has 1 aromatic carbocycles. The van der Waals surface area contributed by atoms with Crippen LogP contribution in [-0.2, 0) is 6.54 Å². The number of para-hydroxylation sites is 1. The lowest BCUT2D eigenvalue weighted by Crippen LogP contribution is -2.03. The molecule has 0 amide bonds. The van der Waals surface area contributed by atoms with Crippen molar-refractivity contribution < 1.29 is 9.90 Å². The lowest BCUT2D eigenvalue weighted by Gasteiger charge is -1.98. The Labute approximate surface area is 98.9 Å². The molecular weight excluding hydrogens is 216 g/mol. The lowest BCUT2D eigenvalue weighted by atomic mass is 10.2. The number of aromatic nitrogens is 2. The van der Waals surface area contributed by atoms with Gasteiger partial charge in [0.15, 0.2) is 5.69 Å². The highest BCUT2D eigenvalue weighted by Gasteiger charge is 2.14. The largest absolute Gasteiger partial charge is 0.476 e. The van der Waals surface area contributed by atoms with Gasteiger partial charge >= 0.3 is 5.97 Å². The fraction of sp³-hybridized carbons (Fsp3) is 0.231. The van der Waals surface area contributed by atoms with Gasteiger partial charge in [0.1, 0.15) is 0 Å². The maximum Gasteiger partial charge on any atom is 0.357 e. The van der Waals surface area contributed by atoms with Crippen molar-refractivity contribution in [2.24, 2.45) is 0 Å². The van der Waals surface area contributed by atoms with E-state index in [-0.39, 0.29) is 5.69 Å². The molecule has 0 fully saturated rings. The van der Waals surface area contributed by atoms with Gasteiger partial charge in [-0.15, -0.1) is 11.8 Å². The van der Waals surface area contributed by atoms with Crippen LogP contribution in [0.5, 0.6) is 0 Å². The number of carboxylic acid groups (broad SMARTS) is 1. The minimum atomic E-state index is -0.999. The second-order valence-corrected chi connectivity index (χ2v) is 3.57. The molecule has 0 radical (unpaired) electrons. The summed E-state index contributed by atoms with van der Waals surface area (Å²) >= 11 is 0. The van der Waals surface area contributed by atoms with Gasteiger partial charge in [0.2, 0.25) is 0 Å². The van der Waals surface area contributed by atoms with E-state index < -0.39 is 5.97 Å². The van der Waals surface area contributed by atoms with Crippen LogP contribution in [0.1, 0.15) is 23.8 Å². The summed E-state index contributed by atoms with van der Waals surface area (Å²) < 4.78 is 1.70. The van der Waals surface area contributed by atoms with E-state index in [0.29, 0.717) is 18.4 Å². The Bertz CT molecular complexity index is 617. The van der Waals surface area contributed by atoms with Gasteiger partial charge in [-0.25, -0.2) is 4.79 Å². The summed E-state index contributed by atoms with van der Waals surface area (Å²) in [5.41, 5.74) is 0.938. The van der Waals surface area contributed by atoms with Gasteiger partial charge in [-0.05, 0) is 13.0 Å². The van der Waals surface area contributed by atoms with Crippen LogP contribution in [0.15, 0.2) is 24.3 Å². The first-order valence-electron chi connectivity index (χ1n) is 5.32. The second kappa shape index (κ2) is 4.71. The zero-order valence-electron chi connectivity index (χ0n) is 9.47. The van der Waals surface area contributed by atoms with E-state index in [1.807, 2.05) is 18.2 Å². The lowest BCUT2D eigenvalue weighted by molar-refractivity contribution is 0.0691. The molecule has 4 nitrogen and oxygen atoms in total. The first-order chi connectivity index (χ1) is 8.24. The molecule has 1 aromatic heterocycles. The molecular formula is C13H12N2O2. The minimum Gasteiger partial charge on any atom is -0.476 e. The summed E-state index contributed by atoms with van der Waals surface area (Å²) in [7, 11) is 0. The molecule has 0 atom stereocenters. The molecule has 1 heterocycles. The highest BCUT2D eigenvalue weighted by molar-refractivity contribution is 6.01. The monoisotopic (exact) mass is 228 g/mol. The molecule has 0 aliphatic heterocycles. The van der Waals surface area contributed by atoms with E-state index in [2.05, 4.69) is 16.9 Å². The first kappa shape index (κ1) is 11.2. The number of aryl methyl sites for hydroxylation is 1. The number of rotatable bonds is 3. The van der Waals surface area contributed by atoms with Crippen molar-refractivity contribution in [2.75, 3.05) is 0 Å². The third kappa shape index (κ3) is 2.13. The number of fused-ring (bicyclic) bond motifs is 1. The average molecular weight is 228 g/mol. The van der Waals surface area contributed by atoms with Gasteiger partial charge in [0.25, 0.3) is 0 Å². The highest BCUT2D eigenvalue weighted by atomic mass is 16.4. The Morgan fingerprint density at radius 1 is 1.47 bits per heavy atom. The van der Waals surface area contributed by atoms with Crippen LogP contribution < -0.4 is 0 Å². The highest BCUT2D eigenvalue weighted by Crippen LogP contribution is 2.18. The standard InChI is InChI=1S/C13H12N2O2/c1-2-3-6-9-15-11-8-5-4-7-10(11)12(14-15)13(16)17/h4-5,7-8H,6,9H2,1H3,(H,16,17). The van der Waals surface area contributed by atoms with Gasteiger partial charge < -0.3 is 5.11 Å². The summed E-state index contributed by atoms with van der Waals surface area (Å²) in [4.78, 5) is 11.1. The number of hydrogen-bond acceptors (Lipinski definition) is 2. The molecule has 1 N–H and O–H groups in total. The molecule has 0 unspecified atom stereocenters. The molecule has 4 heteroatoms. The number of carbonyl (C=O) groups is 1. The average Bonchev–Trinajstić information content (AvgIpc) is 2.69. The minimum absolute atomic E-state index is 0.102. The number of aromatic carboxylic acids is 1. The molecule has 2 aromatic rings. The topological polar surface area (TPSA) is 55.1 Å². The van der Waals surface area contributed by atoms with Crippen molar-refractivity contribution in [1.82, 2.24) is 9.78 Å². The van der Waals surface area contributed by atoms with Gasteiger partial charge in [-0.1, -0.05) is 18.2 Å². The summed E-state index contributed by atoms with van der Waals surface area (Å²) in [6, 6.07) is 7.33. The van der Waals surface area contributed by atoms with Crippen LogP contribution in [0.2, 0.25) is 0 Å². The van der Waals surface area contributed by atoms with E-state index in [1.165, 1.54) is 0 Å². The molecule has 0 aliphatic carbocycles. The van der Waals surface area contributed by atoms with Crippen LogP contribution in [0.25, 0.3) is 10.9 Å². The fourth-order valence-corrected chi connectivity index (χ4v) is 1.74. The zero-order valence-corrected chi connectivity index (χ0v) is 9.47. The third-order valence-corrected chi connectivity index (χ3v) is 2.49. The van der Waals surface area contributed by atoms with Crippen molar-refractivity contribution >= 4 is 16.9 Å². The van der Waals surface area contributed by atoms with E-state index in [1.54, 1.807) is 17.7 Å². The second-order valence-electron chi connectivity index (χ2n) is 3.57. The van der Waals surface area contributed by atoms with Gasteiger partial charge in [0.05, 0.1) is 12.1 Å². The third-order valence-electron chi connectivity index (χ3n) is 2.49. The van der Waals surface area contributed by atoms with E-state index in [9.17, 15) is 4.79 Å². The van der Waals surface area contributed by atoms with Crippen LogP contribution in [-0.4, -0.2) is 20.9 Å².